The van der Waals surface area contributed by atoms with E-state index in [2.05, 4.69) is 4.99 Å². The second-order valence-electron chi connectivity index (χ2n) is 5.26. The SMILES string of the molecule is CC1=CC(=NC(=O)c2ccc(Cl)cc2)C(C(C)C)=CC1=O. The van der Waals surface area contributed by atoms with Crippen molar-refractivity contribution in [3.05, 3.63) is 58.1 Å². The molecule has 0 aromatic heterocycles. The second-order valence-corrected chi connectivity index (χ2v) is 5.69. The minimum absolute atomic E-state index is 0.0309. The number of aliphatic imine (C=N–C) groups is 1. The van der Waals surface area contributed by atoms with Crippen LogP contribution in [0.15, 0.2) is 52.6 Å². The molecule has 21 heavy (non-hydrogen) atoms. The summed E-state index contributed by atoms with van der Waals surface area (Å²) in [5, 5.41) is 0.570. The molecule has 3 nitrogen and oxygen atoms in total. The van der Waals surface area contributed by atoms with Crippen molar-refractivity contribution in [1.82, 2.24) is 0 Å². The summed E-state index contributed by atoms with van der Waals surface area (Å²) in [6.45, 7) is 5.66. The molecule has 0 spiro atoms. The average Bonchev–Trinajstić information content (AvgIpc) is 2.43. The normalized spacial score (nSPS) is 17.0. The molecular formula is C17H16ClNO2. The number of carbonyl (C=O) groups excluding carboxylic acids is 2. The van der Waals surface area contributed by atoms with Crippen LogP contribution in [0.25, 0.3) is 0 Å². The maximum absolute atomic E-state index is 12.2. The van der Waals surface area contributed by atoms with Crippen LogP contribution in [0.5, 0.6) is 0 Å². The number of rotatable bonds is 2. The Morgan fingerprint density at radius 3 is 2.33 bits per heavy atom. The molecule has 108 valence electrons. The van der Waals surface area contributed by atoms with Gasteiger partial charge in [-0.3, -0.25) is 9.59 Å². The average molecular weight is 302 g/mol. The first-order valence-corrected chi connectivity index (χ1v) is 7.09. The third-order valence-electron chi connectivity index (χ3n) is 3.26. The lowest BCUT2D eigenvalue weighted by Gasteiger charge is -2.16. The number of amides is 1. The van der Waals surface area contributed by atoms with E-state index in [0.29, 0.717) is 21.9 Å². The Balaban J connectivity index is 2.38. The zero-order valence-corrected chi connectivity index (χ0v) is 12.9. The van der Waals surface area contributed by atoms with Crippen molar-refractivity contribution in [2.75, 3.05) is 0 Å². The van der Waals surface area contributed by atoms with Gasteiger partial charge < -0.3 is 0 Å². The molecule has 0 saturated heterocycles. The van der Waals surface area contributed by atoms with Gasteiger partial charge in [0.1, 0.15) is 0 Å². The Morgan fingerprint density at radius 2 is 1.76 bits per heavy atom. The molecule has 0 saturated carbocycles. The smallest absolute Gasteiger partial charge is 0.277 e. The number of carbonyl (C=O) groups is 2. The fourth-order valence-electron chi connectivity index (χ4n) is 2.01. The molecular weight excluding hydrogens is 286 g/mol. The zero-order chi connectivity index (χ0) is 15.6. The molecule has 0 atom stereocenters. The van der Waals surface area contributed by atoms with Crippen molar-refractivity contribution in [2.45, 2.75) is 20.8 Å². The quantitative estimate of drug-likeness (QED) is 0.774. The Bertz CT molecular complexity index is 679. The van der Waals surface area contributed by atoms with E-state index in [4.69, 9.17) is 11.6 Å². The molecule has 0 bridgehead atoms. The Kier molecular flexibility index (Phi) is 4.53. The van der Waals surface area contributed by atoms with Crippen molar-refractivity contribution in [3.63, 3.8) is 0 Å². The number of halogens is 1. The minimum atomic E-state index is -0.341. The first-order valence-electron chi connectivity index (χ1n) is 6.71. The van der Waals surface area contributed by atoms with E-state index in [0.717, 1.165) is 5.57 Å². The van der Waals surface area contributed by atoms with Crippen LogP contribution >= 0.6 is 11.6 Å². The van der Waals surface area contributed by atoms with E-state index in [-0.39, 0.29) is 17.6 Å². The summed E-state index contributed by atoms with van der Waals surface area (Å²) in [6, 6.07) is 6.58. The lowest BCUT2D eigenvalue weighted by atomic mass is 9.90. The van der Waals surface area contributed by atoms with Crippen LogP contribution in [0.3, 0.4) is 0 Å². The van der Waals surface area contributed by atoms with Gasteiger partial charge >= 0.3 is 0 Å². The lowest BCUT2D eigenvalue weighted by molar-refractivity contribution is -0.111. The van der Waals surface area contributed by atoms with Gasteiger partial charge in [0, 0.05) is 10.6 Å². The second kappa shape index (κ2) is 6.19. The van der Waals surface area contributed by atoms with Crippen LogP contribution in [-0.2, 0) is 4.79 Å². The molecule has 0 heterocycles. The molecule has 1 amide bonds. The van der Waals surface area contributed by atoms with Crippen molar-refractivity contribution in [2.24, 2.45) is 10.9 Å². The molecule has 0 aliphatic heterocycles. The van der Waals surface area contributed by atoms with Crippen molar-refractivity contribution >= 4 is 29.0 Å². The van der Waals surface area contributed by atoms with E-state index in [1.54, 1.807) is 43.3 Å². The van der Waals surface area contributed by atoms with Crippen LogP contribution in [-0.4, -0.2) is 17.4 Å². The predicted octanol–water partition coefficient (Wildman–Crippen LogP) is 4.03. The van der Waals surface area contributed by atoms with Gasteiger partial charge in [0.15, 0.2) is 5.78 Å². The summed E-state index contributed by atoms with van der Waals surface area (Å²) < 4.78 is 0. The van der Waals surface area contributed by atoms with E-state index in [1.807, 2.05) is 13.8 Å². The highest BCUT2D eigenvalue weighted by molar-refractivity contribution is 6.30. The fraction of sp³-hybridized carbons (Fsp3) is 0.235. The van der Waals surface area contributed by atoms with Crippen LogP contribution in [0.1, 0.15) is 31.1 Å². The largest absolute Gasteiger partial charge is 0.290 e. The summed E-state index contributed by atoms with van der Waals surface area (Å²) in [4.78, 5) is 28.1. The first kappa shape index (κ1) is 15.4. The summed E-state index contributed by atoms with van der Waals surface area (Å²) in [7, 11) is 0. The minimum Gasteiger partial charge on any atom is -0.290 e. The van der Waals surface area contributed by atoms with E-state index >= 15 is 0 Å². The van der Waals surface area contributed by atoms with Gasteiger partial charge in [-0.15, -0.1) is 0 Å². The molecule has 0 radical (unpaired) electrons. The van der Waals surface area contributed by atoms with Gasteiger partial charge in [-0.2, -0.15) is 0 Å². The van der Waals surface area contributed by atoms with E-state index in [1.165, 1.54) is 0 Å². The summed E-state index contributed by atoms with van der Waals surface area (Å²) in [5.41, 5.74) is 2.40. The van der Waals surface area contributed by atoms with Crippen molar-refractivity contribution < 1.29 is 9.59 Å². The Hall–Kier alpha value is -2.00. The first-order chi connectivity index (χ1) is 9.88. The van der Waals surface area contributed by atoms with E-state index in [9.17, 15) is 9.59 Å². The summed E-state index contributed by atoms with van der Waals surface area (Å²) >= 11 is 5.80. The van der Waals surface area contributed by atoms with Gasteiger partial charge in [0.2, 0.25) is 0 Å². The van der Waals surface area contributed by atoms with Crippen LogP contribution < -0.4 is 0 Å². The third-order valence-corrected chi connectivity index (χ3v) is 3.51. The summed E-state index contributed by atoms with van der Waals surface area (Å²) in [6.07, 6.45) is 3.24. The number of nitrogens with zero attached hydrogens (tertiary/aromatic N) is 1. The van der Waals surface area contributed by atoms with Gasteiger partial charge in [0.25, 0.3) is 5.91 Å². The van der Waals surface area contributed by atoms with Gasteiger partial charge in [-0.1, -0.05) is 25.4 Å². The predicted molar refractivity (Wildman–Crippen MR) is 84.9 cm³/mol. The highest BCUT2D eigenvalue weighted by Crippen LogP contribution is 2.20. The molecule has 1 aromatic rings. The number of benzene rings is 1. The van der Waals surface area contributed by atoms with Crippen molar-refractivity contribution in [1.29, 1.82) is 0 Å². The van der Waals surface area contributed by atoms with Crippen LogP contribution in [0, 0.1) is 5.92 Å². The van der Waals surface area contributed by atoms with Crippen LogP contribution in [0.4, 0.5) is 0 Å². The van der Waals surface area contributed by atoms with Crippen LogP contribution in [0.2, 0.25) is 5.02 Å². The number of ketones is 1. The monoisotopic (exact) mass is 301 g/mol. The zero-order valence-electron chi connectivity index (χ0n) is 12.2. The van der Waals surface area contributed by atoms with E-state index < -0.39 is 0 Å². The standard InChI is InChI=1S/C17H16ClNO2/c1-10(2)14-9-16(20)11(3)8-15(14)19-17(21)12-4-6-13(18)7-5-12/h4-10H,1-3H3. The molecule has 0 fully saturated rings. The topological polar surface area (TPSA) is 46.5 Å². The maximum atomic E-state index is 12.2. The van der Waals surface area contributed by atoms with Gasteiger partial charge in [-0.05, 0) is 60.4 Å². The lowest BCUT2D eigenvalue weighted by Crippen LogP contribution is -2.17. The van der Waals surface area contributed by atoms with Crippen molar-refractivity contribution in [3.8, 4) is 0 Å². The molecule has 2 rings (SSSR count). The highest BCUT2D eigenvalue weighted by atomic mass is 35.5. The molecule has 1 aromatic carbocycles. The molecule has 0 unspecified atom stereocenters. The highest BCUT2D eigenvalue weighted by Gasteiger charge is 2.19. The molecule has 4 heteroatoms. The number of allylic oxidation sites excluding steroid dienone is 4. The molecule has 1 aliphatic rings. The third kappa shape index (κ3) is 3.56. The summed E-state index contributed by atoms with van der Waals surface area (Å²) in [5.74, 6) is -0.252. The number of hydrogen-bond acceptors (Lipinski definition) is 2. The van der Waals surface area contributed by atoms with Gasteiger partial charge in [-0.25, -0.2) is 4.99 Å². The maximum Gasteiger partial charge on any atom is 0.277 e. The Morgan fingerprint density at radius 1 is 1.14 bits per heavy atom. The molecule has 1 aliphatic carbocycles. The Labute approximate surface area is 129 Å². The molecule has 0 N–H and O–H groups in total. The van der Waals surface area contributed by atoms with Gasteiger partial charge in [0.05, 0.1) is 5.71 Å². The fourth-order valence-corrected chi connectivity index (χ4v) is 2.14. The number of hydrogen-bond donors (Lipinski definition) is 0.